The predicted octanol–water partition coefficient (Wildman–Crippen LogP) is 1.02. The van der Waals surface area contributed by atoms with Crippen LogP contribution in [0.5, 0.6) is 0 Å². The summed E-state index contributed by atoms with van der Waals surface area (Å²) < 4.78 is 0. The molecule has 0 saturated carbocycles. The molecule has 12 heavy (non-hydrogen) atoms. The van der Waals surface area contributed by atoms with Crippen LogP contribution in [0, 0.1) is 5.41 Å². The molecule has 72 valence electrons. The molecule has 0 heterocycles. The Morgan fingerprint density at radius 3 is 2.33 bits per heavy atom. The van der Waals surface area contributed by atoms with Crippen molar-refractivity contribution in [1.82, 2.24) is 5.32 Å². The Morgan fingerprint density at radius 2 is 2.08 bits per heavy atom. The van der Waals surface area contributed by atoms with Crippen LogP contribution in [0.3, 0.4) is 0 Å². The van der Waals surface area contributed by atoms with E-state index in [-0.39, 0.29) is 11.5 Å². The molecule has 0 aliphatic carbocycles. The number of rotatable bonds is 3. The standard InChI is InChI=1S/C8H18N2O2/c1-8(2,3)6(4-5-9)10-7(11)12/h6,10H,4-5,9H2,1-3H3,(H,11,12). The molecular weight excluding hydrogens is 156 g/mol. The predicted molar refractivity (Wildman–Crippen MR) is 48.1 cm³/mol. The maximum Gasteiger partial charge on any atom is 0.404 e. The van der Waals surface area contributed by atoms with Crippen molar-refractivity contribution in [3.63, 3.8) is 0 Å². The summed E-state index contributed by atoms with van der Waals surface area (Å²) in [5.74, 6) is 0. The minimum Gasteiger partial charge on any atom is -0.465 e. The van der Waals surface area contributed by atoms with Crippen LogP contribution >= 0.6 is 0 Å². The van der Waals surface area contributed by atoms with Crippen molar-refractivity contribution in [1.29, 1.82) is 0 Å². The quantitative estimate of drug-likeness (QED) is 0.598. The van der Waals surface area contributed by atoms with Crippen LogP contribution in [0.4, 0.5) is 4.79 Å². The van der Waals surface area contributed by atoms with Gasteiger partial charge in [0.1, 0.15) is 0 Å². The van der Waals surface area contributed by atoms with Gasteiger partial charge in [0, 0.05) is 6.04 Å². The highest BCUT2D eigenvalue weighted by atomic mass is 16.4. The summed E-state index contributed by atoms with van der Waals surface area (Å²) in [6, 6.07) is -0.0694. The number of carboxylic acid groups (broad SMARTS) is 1. The van der Waals surface area contributed by atoms with E-state index in [0.717, 1.165) is 0 Å². The van der Waals surface area contributed by atoms with E-state index in [4.69, 9.17) is 10.8 Å². The average molecular weight is 174 g/mol. The van der Waals surface area contributed by atoms with E-state index >= 15 is 0 Å². The van der Waals surface area contributed by atoms with Gasteiger partial charge in [-0.05, 0) is 18.4 Å². The fraction of sp³-hybridized carbons (Fsp3) is 0.875. The SMILES string of the molecule is CC(C)(C)C(CCN)NC(=O)O. The van der Waals surface area contributed by atoms with Gasteiger partial charge in [0.05, 0.1) is 0 Å². The lowest BCUT2D eigenvalue weighted by Gasteiger charge is -2.30. The van der Waals surface area contributed by atoms with Crippen molar-refractivity contribution in [3.8, 4) is 0 Å². The first-order chi connectivity index (χ1) is 5.38. The average Bonchev–Trinajstić information content (AvgIpc) is 1.83. The van der Waals surface area contributed by atoms with Gasteiger partial charge in [-0.15, -0.1) is 0 Å². The third kappa shape index (κ3) is 4.18. The Balaban J connectivity index is 4.13. The maximum absolute atomic E-state index is 10.4. The minimum absolute atomic E-state index is 0.0694. The Morgan fingerprint density at radius 1 is 1.58 bits per heavy atom. The molecule has 4 N–H and O–H groups in total. The van der Waals surface area contributed by atoms with Crippen LogP contribution in [0.25, 0.3) is 0 Å². The molecule has 0 spiro atoms. The lowest BCUT2D eigenvalue weighted by Crippen LogP contribution is -2.44. The maximum atomic E-state index is 10.4. The van der Waals surface area contributed by atoms with E-state index in [0.29, 0.717) is 13.0 Å². The monoisotopic (exact) mass is 174 g/mol. The van der Waals surface area contributed by atoms with Crippen molar-refractivity contribution in [3.05, 3.63) is 0 Å². The summed E-state index contributed by atoms with van der Waals surface area (Å²) in [6.45, 7) is 6.47. The van der Waals surface area contributed by atoms with Crippen LogP contribution in [0.1, 0.15) is 27.2 Å². The number of hydrogen-bond acceptors (Lipinski definition) is 2. The molecule has 0 aromatic heterocycles. The topological polar surface area (TPSA) is 75.3 Å². The highest BCUT2D eigenvalue weighted by molar-refractivity contribution is 5.64. The van der Waals surface area contributed by atoms with Crippen LogP contribution in [-0.2, 0) is 0 Å². The van der Waals surface area contributed by atoms with E-state index in [1.807, 2.05) is 20.8 Å². The molecule has 0 aliphatic rings. The molecule has 4 heteroatoms. The Bertz CT molecular complexity index is 152. The summed E-state index contributed by atoms with van der Waals surface area (Å²) in [4.78, 5) is 10.4. The van der Waals surface area contributed by atoms with E-state index < -0.39 is 6.09 Å². The lowest BCUT2D eigenvalue weighted by atomic mass is 9.85. The first kappa shape index (κ1) is 11.2. The van der Waals surface area contributed by atoms with Crippen LogP contribution in [0.2, 0.25) is 0 Å². The zero-order valence-corrected chi connectivity index (χ0v) is 7.92. The van der Waals surface area contributed by atoms with Gasteiger partial charge in [-0.3, -0.25) is 0 Å². The highest BCUT2D eigenvalue weighted by Crippen LogP contribution is 2.21. The van der Waals surface area contributed by atoms with E-state index in [1.54, 1.807) is 0 Å². The first-order valence-electron chi connectivity index (χ1n) is 4.07. The number of amides is 1. The fourth-order valence-corrected chi connectivity index (χ4v) is 1.04. The fourth-order valence-electron chi connectivity index (χ4n) is 1.04. The van der Waals surface area contributed by atoms with Gasteiger partial charge in [-0.2, -0.15) is 0 Å². The normalized spacial score (nSPS) is 14.0. The number of nitrogens with two attached hydrogens (primary N) is 1. The second-order valence-electron chi connectivity index (χ2n) is 3.95. The molecule has 1 amide bonds. The third-order valence-electron chi connectivity index (χ3n) is 1.80. The Hall–Kier alpha value is -0.770. The van der Waals surface area contributed by atoms with Gasteiger partial charge in [-0.1, -0.05) is 20.8 Å². The molecule has 4 nitrogen and oxygen atoms in total. The van der Waals surface area contributed by atoms with Crippen LogP contribution in [-0.4, -0.2) is 23.8 Å². The van der Waals surface area contributed by atoms with Gasteiger partial charge in [0.25, 0.3) is 0 Å². The number of nitrogens with one attached hydrogen (secondary N) is 1. The third-order valence-corrected chi connectivity index (χ3v) is 1.80. The van der Waals surface area contributed by atoms with E-state index in [9.17, 15) is 4.79 Å². The van der Waals surface area contributed by atoms with Gasteiger partial charge in [0.2, 0.25) is 0 Å². The largest absolute Gasteiger partial charge is 0.465 e. The summed E-state index contributed by atoms with van der Waals surface area (Å²) in [5.41, 5.74) is 5.30. The minimum atomic E-state index is -0.983. The van der Waals surface area contributed by atoms with Gasteiger partial charge >= 0.3 is 6.09 Å². The molecule has 0 aromatic carbocycles. The van der Waals surface area contributed by atoms with E-state index in [2.05, 4.69) is 5.32 Å². The molecular formula is C8H18N2O2. The van der Waals surface area contributed by atoms with Crippen molar-refractivity contribution < 1.29 is 9.90 Å². The van der Waals surface area contributed by atoms with Crippen molar-refractivity contribution in [2.24, 2.45) is 11.1 Å². The lowest BCUT2D eigenvalue weighted by molar-refractivity contribution is 0.172. The van der Waals surface area contributed by atoms with Gasteiger partial charge in [0.15, 0.2) is 0 Å². The van der Waals surface area contributed by atoms with Crippen molar-refractivity contribution in [2.75, 3.05) is 6.54 Å². The second kappa shape index (κ2) is 4.30. The van der Waals surface area contributed by atoms with Crippen molar-refractivity contribution in [2.45, 2.75) is 33.2 Å². The zero-order valence-electron chi connectivity index (χ0n) is 7.92. The first-order valence-corrected chi connectivity index (χ1v) is 4.07. The van der Waals surface area contributed by atoms with Crippen molar-refractivity contribution >= 4 is 6.09 Å². The molecule has 0 aromatic rings. The summed E-state index contributed by atoms with van der Waals surface area (Å²) in [5, 5.41) is 11.0. The Kier molecular flexibility index (Phi) is 4.03. The summed E-state index contributed by atoms with van der Waals surface area (Å²) in [7, 11) is 0. The summed E-state index contributed by atoms with van der Waals surface area (Å²) in [6.07, 6.45) is -0.307. The molecule has 1 atom stereocenters. The second-order valence-corrected chi connectivity index (χ2v) is 3.95. The molecule has 0 aliphatic heterocycles. The molecule has 0 bridgehead atoms. The molecule has 0 fully saturated rings. The molecule has 0 radical (unpaired) electrons. The molecule has 0 saturated heterocycles. The van der Waals surface area contributed by atoms with Gasteiger partial charge in [-0.25, -0.2) is 4.79 Å². The summed E-state index contributed by atoms with van der Waals surface area (Å²) >= 11 is 0. The van der Waals surface area contributed by atoms with Crippen LogP contribution < -0.4 is 11.1 Å². The molecule has 1 unspecified atom stereocenters. The number of carbonyl (C=O) groups is 1. The smallest absolute Gasteiger partial charge is 0.404 e. The van der Waals surface area contributed by atoms with Crippen LogP contribution in [0.15, 0.2) is 0 Å². The molecule has 0 rings (SSSR count). The number of hydrogen-bond donors (Lipinski definition) is 3. The Labute approximate surface area is 73.1 Å². The zero-order chi connectivity index (χ0) is 9.78. The highest BCUT2D eigenvalue weighted by Gasteiger charge is 2.24. The van der Waals surface area contributed by atoms with E-state index in [1.165, 1.54) is 0 Å². The van der Waals surface area contributed by atoms with Gasteiger partial charge < -0.3 is 16.2 Å².